The van der Waals surface area contributed by atoms with Crippen LogP contribution < -0.4 is 16.0 Å². The first-order valence-corrected chi connectivity index (χ1v) is 12.8. The molecule has 0 atom stereocenters. The largest absolute Gasteiger partial charge is 0.452 e. The van der Waals surface area contributed by atoms with Crippen LogP contribution in [0, 0.1) is 11.6 Å². The van der Waals surface area contributed by atoms with Crippen molar-refractivity contribution in [3.63, 3.8) is 0 Å². The molecule has 4 heterocycles. The van der Waals surface area contributed by atoms with Crippen LogP contribution in [0.4, 0.5) is 8.78 Å². The highest BCUT2D eigenvalue weighted by Gasteiger charge is 2.20. The molecule has 4 aromatic heterocycles. The summed E-state index contributed by atoms with van der Waals surface area (Å²) in [5.41, 5.74) is -0.168. The van der Waals surface area contributed by atoms with Crippen LogP contribution in [0.25, 0.3) is 22.5 Å². The van der Waals surface area contributed by atoms with Crippen molar-refractivity contribution in [3.05, 3.63) is 129 Å². The third-order valence-corrected chi connectivity index (χ3v) is 6.65. The minimum Gasteiger partial charge on any atom is -0.452 e. The van der Waals surface area contributed by atoms with Crippen molar-refractivity contribution in [3.8, 4) is 28.5 Å². The molecule has 0 amide bonds. The molecule has 0 aliphatic carbocycles. The molecule has 0 N–H and O–H groups in total. The first kappa shape index (κ1) is 26.6. The van der Waals surface area contributed by atoms with E-state index < -0.39 is 28.7 Å². The Kier molecular flexibility index (Phi) is 6.79. The summed E-state index contributed by atoms with van der Waals surface area (Å²) < 4.78 is 43.5. The number of nitrogens with zero attached hydrogens (tertiary/aromatic N) is 5. The maximum atomic E-state index is 15.2. The monoisotopic (exact) mass is 569 g/mol. The number of hydrogen-bond acceptors (Lipinski definition) is 7. The molecule has 0 unspecified atom stereocenters. The van der Waals surface area contributed by atoms with Crippen molar-refractivity contribution in [2.45, 2.75) is 19.9 Å². The van der Waals surface area contributed by atoms with E-state index in [-0.39, 0.29) is 35.5 Å². The van der Waals surface area contributed by atoms with Gasteiger partial charge in [0.2, 0.25) is 0 Å². The summed E-state index contributed by atoms with van der Waals surface area (Å²) in [7, 11) is 0. The van der Waals surface area contributed by atoms with Crippen LogP contribution in [-0.4, -0.2) is 29.5 Å². The molecule has 0 radical (unpaired) electrons. The van der Waals surface area contributed by atoms with Crippen molar-refractivity contribution in [2.24, 2.45) is 0 Å². The molecule has 12 heteroatoms. The van der Waals surface area contributed by atoms with Crippen LogP contribution in [0.1, 0.15) is 22.8 Å². The normalized spacial score (nSPS) is 11.2. The summed E-state index contributed by atoms with van der Waals surface area (Å²) >= 11 is 0. The zero-order valence-electron chi connectivity index (χ0n) is 22.0. The van der Waals surface area contributed by atoms with Crippen molar-refractivity contribution >= 4 is 11.3 Å². The number of ether oxygens (including phenoxy) is 1. The van der Waals surface area contributed by atoms with E-state index in [0.717, 1.165) is 22.8 Å². The number of ketones is 1. The first-order chi connectivity index (χ1) is 20.3. The quantitative estimate of drug-likeness (QED) is 0.242. The molecule has 2 aromatic carbocycles. The van der Waals surface area contributed by atoms with E-state index in [4.69, 9.17) is 9.15 Å². The Bertz CT molecular complexity index is 2060. The number of aryl methyl sites for hydroxylation is 1. The zero-order valence-corrected chi connectivity index (χ0v) is 22.0. The van der Waals surface area contributed by atoms with Gasteiger partial charge in [-0.05, 0) is 61.0 Å². The lowest BCUT2D eigenvalue weighted by Gasteiger charge is -2.12. The van der Waals surface area contributed by atoms with Gasteiger partial charge in [-0.2, -0.15) is 5.10 Å². The number of hydrogen-bond donors (Lipinski definition) is 0. The highest BCUT2D eigenvalue weighted by Crippen LogP contribution is 2.32. The third kappa shape index (κ3) is 4.89. The van der Waals surface area contributed by atoms with Crippen LogP contribution in [0.5, 0.6) is 11.5 Å². The van der Waals surface area contributed by atoms with Gasteiger partial charge in [0, 0.05) is 30.9 Å². The zero-order chi connectivity index (χ0) is 29.4. The van der Waals surface area contributed by atoms with Gasteiger partial charge in [0.25, 0.3) is 5.56 Å². The molecule has 10 nitrogen and oxygen atoms in total. The fourth-order valence-electron chi connectivity index (χ4n) is 4.55. The lowest BCUT2D eigenvalue weighted by molar-refractivity contribution is 0.0990. The Hall–Kier alpha value is -5.65. The summed E-state index contributed by atoms with van der Waals surface area (Å²) in [5.74, 6) is -1.20. The van der Waals surface area contributed by atoms with Crippen LogP contribution in [0.2, 0.25) is 0 Å². The Labute approximate surface area is 235 Å². The summed E-state index contributed by atoms with van der Waals surface area (Å²) in [5, 5.41) is 4.22. The predicted octanol–water partition coefficient (Wildman–Crippen LogP) is 4.82. The number of carbonyl (C=O) groups is 1. The van der Waals surface area contributed by atoms with Gasteiger partial charge in [-0.3, -0.25) is 14.2 Å². The van der Waals surface area contributed by atoms with E-state index >= 15 is 4.39 Å². The molecular formula is C30H21F2N5O5. The fraction of sp³-hybridized carbons (Fsp3) is 0.100. The Morgan fingerprint density at radius 1 is 1.00 bits per heavy atom. The molecule has 6 rings (SSSR count). The average molecular weight is 570 g/mol. The van der Waals surface area contributed by atoms with E-state index in [9.17, 15) is 18.8 Å². The van der Waals surface area contributed by atoms with Crippen molar-refractivity contribution in [1.82, 2.24) is 23.7 Å². The SMILES string of the molecule is CCn1cc(C(=O)Cc2ccc(Oc3cc(-c4cnco4)cn4nccc34)c(F)c2)c(=O)n(-c2ccc(F)cc2)c1=O. The van der Waals surface area contributed by atoms with Gasteiger partial charge in [0.05, 0.1) is 18.1 Å². The number of benzene rings is 2. The number of aromatic nitrogens is 5. The second-order valence-corrected chi connectivity index (χ2v) is 9.31. The van der Waals surface area contributed by atoms with Crippen molar-refractivity contribution in [1.29, 1.82) is 0 Å². The standard InChI is InChI=1S/C30H21F2N5O5/c1-2-35-16-22(29(39)37(30(35)40)21-6-4-20(31)5-7-21)25(38)12-18-3-8-26(23(32)11-18)42-27-13-19(28-14-33-17-41-28)15-36-24(27)9-10-34-36/h3-11,13-17H,2,12H2,1H3. The molecule has 6 aromatic rings. The molecule has 0 spiro atoms. The Morgan fingerprint density at radius 2 is 1.81 bits per heavy atom. The average Bonchev–Trinajstić information content (AvgIpc) is 3.68. The minimum atomic E-state index is -0.849. The molecule has 42 heavy (non-hydrogen) atoms. The van der Waals surface area contributed by atoms with E-state index in [1.807, 2.05) is 0 Å². The number of Topliss-reactive ketones (excluding diaryl/α,β-unsaturated/α-hetero) is 1. The number of fused-ring (bicyclic) bond motifs is 1. The van der Waals surface area contributed by atoms with E-state index in [0.29, 0.717) is 22.6 Å². The number of rotatable bonds is 8. The number of halogens is 2. The maximum Gasteiger partial charge on any atom is 0.335 e. The molecular weight excluding hydrogens is 548 g/mol. The number of oxazole rings is 1. The van der Waals surface area contributed by atoms with Gasteiger partial charge in [0.15, 0.2) is 35.3 Å². The first-order valence-electron chi connectivity index (χ1n) is 12.8. The lowest BCUT2D eigenvalue weighted by Crippen LogP contribution is -2.41. The van der Waals surface area contributed by atoms with E-state index in [1.165, 1.54) is 47.6 Å². The summed E-state index contributed by atoms with van der Waals surface area (Å²) in [6.45, 7) is 1.87. The summed E-state index contributed by atoms with van der Waals surface area (Å²) in [4.78, 5) is 43.2. The molecule has 0 bridgehead atoms. The van der Waals surface area contributed by atoms with Crippen molar-refractivity contribution in [2.75, 3.05) is 0 Å². The molecule has 0 saturated heterocycles. The second-order valence-electron chi connectivity index (χ2n) is 9.31. The number of carbonyl (C=O) groups excluding carboxylic acids is 1. The maximum absolute atomic E-state index is 15.2. The molecule has 0 fully saturated rings. The van der Waals surface area contributed by atoms with Crippen LogP contribution in [-0.2, 0) is 13.0 Å². The van der Waals surface area contributed by atoms with Gasteiger partial charge >= 0.3 is 5.69 Å². The number of pyridine rings is 1. The van der Waals surface area contributed by atoms with Gasteiger partial charge in [-0.25, -0.2) is 27.6 Å². The van der Waals surface area contributed by atoms with Crippen LogP contribution in [0.15, 0.2) is 99.8 Å². The van der Waals surface area contributed by atoms with E-state index in [1.54, 1.807) is 36.0 Å². The molecule has 210 valence electrons. The molecule has 0 aliphatic rings. The Balaban J connectivity index is 1.29. The molecule has 0 saturated carbocycles. The fourth-order valence-corrected chi connectivity index (χ4v) is 4.55. The highest BCUT2D eigenvalue weighted by atomic mass is 19.1. The van der Waals surface area contributed by atoms with E-state index in [2.05, 4.69) is 10.1 Å². The third-order valence-electron chi connectivity index (χ3n) is 6.65. The van der Waals surface area contributed by atoms with Crippen molar-refractivity contribution < 1.29 is 22.7 Å². The molecule has 0 aliphatic heterocycles. The topological polar surface area (TPSA) is 114 Å². The van der Waals surface area contributed by atoms with Gasteiger partial charge in [0.1, 0.15) is 16.9 Å². The van der Waals surface area contributed by atoms with Crippen LogP contribution >= 0.6 is 0 Å². The highest BCUT2D eigenvalue weighted by molar-refractivity contribution is 5.97. The Morgan fingerprint density at radius 3 is 2.52 bits per heavy atom. The summed E-state index contributed by atoms with van der Waals surface area (Å²) in [6.07, 6.45) is 6.99. The summed E-state index contributed by atoms with van der Waals surface area (Å²) in [6, 6.07) is 12.2. The van der Waals surface area contributed by atoms with Crippen LogP contribution in [0.3, 0.4) is 0 Å². The smallest absolute Gasteiger partial charge is 0.335 e. The van der Waals surface area contributed by atoms with Gasteiger partial charge < -0.3 is 9.15 Å². The minimum absolute atomic E-state index is 0.0952. The lowest BCUT2D eigenvalue weighted by atomic mass is 10.0. The van der Waals surface area contributed by atoms with Gasteiger partial charge in [-0.1, -0.05) is 6.07 Å². The predicted molar refractivity (Wildman–Crippen MR) is 147 cm³/mol. The second kappa shape index (κ2) is 10.7. The van der Waals surface area contributed by atoms with Gasteiger partial charge in [-0.15, -0.1) is 0 Å².